The monoisotopic (exact) mass is 339 g/mol. The van der Waals surface area contributed by atoms with E-state index in [1.165, 1.54) is 89.2 Å². The summed E-state index contributed by atoms with van der Waals surface area (Å²) in [6.07, 6.45) is 20.0. The van der Waals surface area contributed by atoms with E-state index < -0.39 is 0 Å². The zero-order valence-corrected chi connectivity index (χ0v) is 16.3. The molecule has 1 heterocycles. The molecular weight excluding hydrogens is 302 g/mol. The molecule has 1 aromatic heterocycles. The van der Waals surface area contributed by atoms with E-state index in [0.29, 0.717) is 5.92 Å². The highest BCUT2D eigenvalue weighted by Crippen LogP contribution is 2.25. The first kappa shape index (κ1) is 22.4. The average molecular weight is 340 g/mol. The number of halogens is 1. The Morgan fingerprint density at radius 1 is 0.739 bits per heavy atom. The molecule has 1 rings (SSSR count). The van der Waals surface area contributed by atoms with Crippen molar-refractivity contribution in [3.63, 3.8) is 0 Å². The second-order valence-corrected chi connectivity index (χ2v) is 6.71. The summed E-state index contributed by atoms with van der Waals surface area (Å²) >= 11 is 0. The van der Waals surface area contributed by atoms with Gasteiger partial charge in [-0.15, -0.1) is 12.4 Å². The summed E-state index contributed by atoms with van der Waals surface area (Å²) < 4.78 is 0. The van der Waals surface area contributed by atoms with Crippen molar-refractivity contribution in [3.05, 3.63) is 30.1 Å². The Bertz CT molecular complexity index is 339. The van der Waals surface area contributed by atoms with Gasteiger partial charge in [-0.25, -0.2) is 0 Å². The van der Waals surface area contributed by atoms with Crippen LogP contribution >= 0.6 is 12.4 Å². The minimum Gasteiger partial charge on any atom is -0.261 e. The van der Waals surface area contributed by atoms with Crippen LogP contribution in [0, 0.1) is 0 Å². The fourth-order valence-corrected chi connectivity index (χ4v) is 3.28. The van der Waals surface area contributed by atoms with Crippen LogP contribution in [-0.2, 0) is 0 Å². The van der Waals surface area contributed by atoms with Crippen molar-refractivity contribution in [1.29, 1.82) is 0 Å². The molecule has 23 heavy (non-hydrogen) atoms. The molecule has 1 nitrogen and oxygen atoms in total. The quantitative estimate of drug-likeness (QED) is 0.316. The van der Waals surface area contributed by atoms with Crippen LogP contribution in [0.4, 0.5) is 0 Å². The summed E-state index contributed by atoms with van der Waals surface area (Å²) in [7, 11) is 0. The summed E-state index contributed by atoms with van der Waals surface area (Å²) in [4.78, 5) is 4.56. The molecule has 0 aliphatic heterocycles. The van der Waals surface area contributed by atoms with Crippen LogP contribution in [0.2, 0.25) is 0 Å². The summed E-state index contributed by atoms with van der Waals surface area (Å²) in [5, 5.41) is 0. The van der Waals surface area contributed by atoms with Gasteiger partial charge in [0.2, 0.25) is 0 Å². The fraction of sp³-hybridized carbons (Fsp3) is 0.762. The van der Waals surface area contributed by atoms with Gasteiger partial charge in [0.15, 0.2) is 0 Å². The predicted octanol–water partition coefficient (Wildman–Crippen LogP) is 7.70. The molecule has 0 bridgehead atoms. The molecule has 0 aliphatic carbocycles. The number of pyridine rings is 1. The summed E-state index contributed by atoms with van der Waals surface area (Å²) in [5.74, 6) is 0.681. The van der Waals surface area contributed by atoms with Gasteiger partial charge < -0.3 is 0 Å². The highest BCUT2D eigenvalue weighted by Gasteiger charge is 2.10. The molecule has 1 atom stereocenters. The van der Waals surface area contributed by atoms with Gasteiger partial charge in [-0.05, 0) is 25.0 Å². The third-order valence-electron chi connectivity index (χ3n) is 4.65. The van der Waals surface area contributed by atoms with Crippen molar-refractivity contribution in [2.75, 3.05) is 0 Å². The molecule has 0 fully saturated rings. The van der Waals surface area contributed by atoms with Crippen molar-refractivity contribution < 1.29 is 0 Å². The van der Waals surface area contributed by atoms with Crippen molar-refractivity contribution in [3.8, 4) is 0 Å². The molecule has 0 N–H and O–H groups in total. The van der Waals surface area contributed by atoms with E-state index >= 15 is 0 Å². The zero-order chi connectivity index (χ0) is 15.9. The Morgan fingerprint density at radius 2 is 1.35 bits per heavy atom. The van der Waals surface area contributed by atoms with E-state index in [4.69, 9.17) is 0 Å². The van der Waals surface area contributed by atoms with E-state index in [2.05, 4.69) is 31.0 Å². The minimum absolute atomic E-state index is 0. The molecule has 134 valence electrons. The topological polar surface area (TPSA) is 12.9 Å². The van der Waals surface area contributed by atoms with Gasteiger partial charge in [-0.2, -0.15) is 0 Å². The van der Waals surface area contributed by atoms with Crippen LogP contribution < -0.4 is 0 Å². The Labute approximate surface area is 151 Å². The highest BCUT2D eigenvalue weighted by atomic mass is 35.5. The van der Waals surface area contributed by atoms with Crippen molar-refractivity contribution in [2.45, 2.75) is 103 Å². The number of nitrogens with zero attached hydrogens (tertiary/aromatic N) is 1. The standard InChI is InChI=1S/C21H37N.ClH/c1-3-5-6-7-8-9-10-11-12-13-17-20(16-4-2)21-18-14-15-19-22-21;/h14-15,18-20H,3-13,16-17H2,1-2H3;1H. The van der Waals surface area contributed by atoms with Gasteiger partial charge >= 0.3 is 0 Å². The zero-order valence-electron chi connectivity index (χ0n) is 15.4. The van der Waals surface area contributed by atoms with Crippen LogP contribution in [0.15, 0.2) is 24.4 Å². The third kappa shape index (κ3) is 11.6. The second-order valence-electron chi connectivity index (χ2n) is 6.71. The van der Waals surface area contributed by atoms with Crippen LogP contribution in [0.1, 0.15) is 109 Å². The molecule has 2 heteroatoms. The third-order valence-corrected chi connectivity index (χ3v) is 4.65. The summed E-state index contributed by atoms with van der Waals surface area (Å²) in [6, 6.07) is 6.35. The molecule has 0 spiro atoms. The minimum atomic E-state index is 0. The first-order valence-electron chi connectivity index (χ1n) is 9.79. The normalized spacial score (nSPS) is 11.9. The lowest BCUT2D eigenvalue weighted by molar-refractivity contribution is 0.498. The lowest BCUT2D eigenvalue weighted by atomic mass is 9.92. The predicted molar refractivity (Wildman–Crippen MR) is 106 cm³/mol. The molecule has 0 aromatic carbocycles. The van der Waals surface area contributed by atoms with E-state index in [1.807, 2.05) is 12.3 Å². The van der Waals surface area contributed by atoms with Crippen LogP contribution in [-0.4, -0.2) is 4.98 Å². The maximum absolute atomic E-state index is 4.56. The average Bonchev–Trinajstić information content (AvgIpc) is 2.56. The molecule has 1 aromatic rings. The Kier molecular flexibility index (Phi) is 15.9. The SMILES string of the molecule is CCCCCCCCCCCCC(CCC)c1ccccn1.Cl. The second kappa shape index (κ2) is 16.3. The summed E-state index contributed by atoms with van der Waals surface area (Å²) in [6.45, 7) is 4.57. The van der Waals surface area contributed by atoms with Crippen LogP contribution in [0.3, 0.4) is 0 Å². The van der Waals surface area contributed by atoms with Crippen molar-refractivity contribution >= 4 is 12.4 Å². The molecule has 0 radical (unpaired) electrons. The number of unbranched alkanes of at least 4 members (excludes halogenated alkanes) is 9. The largest absolute Gasteiger partial charge is 0.261 e. The smallest absolute Gasteiger partial charge is 0.0434 e. The van der Waals surface area contributed by atoms with E-state index in [0.717, 1.165) is 0 Å². The van der Waals surface area contributed by atoms with Gasteiger partial charge in [0, 0.05) is 17.8 Å². The van der Waals surface area contributed by atoms with E-state index in [1.54, 1.807) is 0 Å². The Morgan fingerprint density at radius 3 is 1.87 bits per heavy atom. The van der Waals surface area contributed by atoms with Crippen LogP contribution in [0.25, 0.3) is 0 Å². The molecule has 0 aliphatic rings. The molecule has 1 unspecified atom stereocenters. The number of rotatable bonds is 14. The van der Waals surface area contributed by atoms with Gasteiger partial charge in [0.1, 0.15) is 0 Å². The summed E-state index contributed by atoms with van der Waals surface area (Å²) in [5.41, 5.74) is 1.31. The molecule has 0 saturated carbocycles. The highest BCUT2D eigenvalue weighted by molar-refractivity contribution is 5.85. The molecule has 0 amide bonds. The van der Waals surface area contributed by atoms with Gasteiger partial charge in [-0.3, -0.25) is 4.98 Å². The first-order valence-corrected chi connectivity index (χ1v) is 9.79. The number of hydrogen-bond acceptors (Lipinski definition) is 1. The van der Waals surface area contributed by atoms with E-state index in [9.17, 15) is 0 Å². The van der Waals surface area contributed by atoms with Crippen molar-refractivity contribution in [1.82, 2.24) is 4.98 Å². The first-order chi connectivity index (χ1) is 10.9. The Balaban J connectivity index is 0.00000484. The van der Waals surface area contributed by atoms with Gasteiger partial charge in [0.25, 0.3) is 0 Å². The maximum Gasteiger partial charge on any atom is 0.0434 e. The maximum atomic E-state index is 4.56. The lowest BCUT2D eigenvalue weighted by Crippen LogP contribution is -2.01. The number of hydrogen-bond donors (Lipinski definition) is 0. The van der Waals surface area contributed by atoms with Gasteiger partial charge in [-0.1, -0.05) is 90.5 Å². The van der Waals surface area contributed by atoms with Crippen LogP contribution in [0.5, 0.6) is 0 Å². The fourth-order valence-electron chi connectivity index (χ4n) is 3.28. The van der Waals surface area contributed by atoms with Crippen molar-refractivity contribution in [2.24, 2.45) is 0 Å². The molecular formula is C21H38ClN. The van der Waals surface area contributed by atoms with E-state index in [-0.39, 0.29) is 12.4 Å². The molecule has 0 saturated heterocycles. The lowest BCUT2D eigenvalue weighted by Gasteiger charge is -2.15. The Hall–Kier alpha value is -0.560. The van der Waals surface area contributed by atoms with Gasteiger partial charge in [0.05, 0.1) is 0 Å². The number of aromatic nitrogens is 1.